The zero-order valence-electron chi connectivity index (χ0n) is 20.9. The third kappa shape index (κ3) is 5.47. The zero-order valence-corrected chi connectivity index (χ0v) is 21.7. The molecule has 1 amide bonds. The fraction of sp³-hybridized carbons (Fsp3) is 0.357. The highest BCUT2D eigenvalue weighted by atomic mass is 32.1. The quantitative estimate of drug-likeness (QED) is 0.274. The number of carbonyl (C=O) groups is 1. The molecule has 1 aliphatic heterocycles. The van der Waals surface area contributed by atoms with Crippen molar-refractivity contribution in [2.75, 3.05) is 15.5 Å². The molecule has 1 saturated heterocycles. The molecule has 1 saturated carbocycles. The zero-order chi connectivity index (χ0) is 26.1. The van der Waals surface area contributed by atoms with Crippen molar-refractivity contribution >= 4 is 50.0 Å². The van der Waals surface area contributed by atoms with Crippen LogP contribution in [0.5, 0.6) is 0 Å². The molecule has 3 heterocycles. The van der Waals surface area contributed by atoms with E-state index in [4.69, 9.17) is 15.0 Å². The van der Waals surface area contributed by atoms with Gasteiger partial charge in [-0.25, -0.2) is 9.97 Å². The number of aromatic nitrogens is 3. The molecule has 2 fully saturated rings. The summed E-state index contributed by atoms with van der Waals surface area (Å²) in [5.74, 6) is 1.14. The van der Waals surface area contributed by atoms with Crippen LogP contribution in [0.1, 0.15) is 49.8 Å². The van der Waals surface area contributed by atoms with Crippen molar-refractivity contribution < 1.29 is 15.0 Å². The Morgan fingerprint density at radius 1 is 0.947 bits per heavy atom. The van der Waals surface area contributed by atoms with Gasteiger partial charge in [0.2, 0.25) is 11.9 Å². The number of hydrogen-bond acceptors (Lipinski definition) is 9. The highest BCUT2D eigenvalue weighted by Crippen LogP contribution is 2.34. The third-order valence-electron chi connectivity index (χ3n) is 7.11. The molecular formula is C28H30N6O3S. The number of anilines is 4. The van der Waals surface area contributed by atoms with Crippen LogP contribution < -0.4 is 15.5 Å². The first kappa shape index (κ1) is 24.7. The van der Waals surface area contributed by atoms with Crippen molar-refractivity contribution in [3.05, 3.63) is 65.9 Å². The van der Waals surface area contributed by atoms with Gasteiger partial charge in [0.1, 0.15) is 12.0 Å². The maximum absolute atomic E-state index is 12.2. The molecule has 6 rings (SSSR count). The van der Waals surface area contributed by atoms with E-state index in [1.54, 1.807) is 0 Å². The van der Waals surface area contributed by atoms with Crippen molar-refractivity contribution in [2.24, 2.45) is 0 Å². The number of carbonyl (C=O) groups excluding carboxylic acids is 1. The summed E-state index contributed by atoms with van der Waals surface area (Å²) in [6, 6.07) is 18.0. The van der Waals surface area contributed by atoms with Crippen LogP contribution in [0.25, 0.3) is 10.2 Å². The summed E-state index contributed by atoms with van der Waals surface area (Å²) in [6.45, 7) is 0. The molecule has 1 unspecified atom stereocenters. The van der Waals surface area contributed by atoms with E-state index in [1.165, 1.54) is 16.2 Å². The first-order chi connectivity index (χ1) is 18.5. The highest BCUT2D eigenvalue weighted by molar-refractivity contribution is 7.22. The summed E-state index contributed by atoms with van der Waals surface area (Å²) in [5.41, 5.74) is 3.53. The van der Waals surface area contributed by atoms with Gasteiger partial charge in [-0.2, -0.15) is 4.98 Å². The number of benzene rings is 2. The van der Waals surface area contributed by atoms with Crippen LogP contribution in [0, 0.1) is 0 Å². The van der Waals surface area contributed by atoms with E-state index in [9.17, 15) is 15.0 Å². The van der Waals surface area contributed by atoms with Gasteiger partial charge in [0.05, 0.1) is 22.0 Å². The number of hydrogen-bond donors (Lipinski definition) is 4. The average molecular weight is 531 g/mol. The maximum atomic E-state index is 12.2. The average Bonchev–Trinajstić information content (AvgIpc) is 3.46. The van der Waals surface area contributed by atoms with Crippen molar-refractivity contribution in [3.63, 3.8) is 0 Å². The lowest BCUT2D eigenvalue weighted by atomic mass is 9.93. The first-order valence-electron chi connectivity index (χ1n) is 13.0. The fourth-order valence-corrected chi connectivity index (χ4v) is 6.04. The molecule has 0 radical (unpaired) electrons. The lowest BCUT2D eigenvalue weighted by Crippen LogP contribution is -2.32. The lowest BCUT2D eigenvalue weighted by molar-refractivity contribution is -0.117. The molecular weight excluding hydrogens is 500 g/mol. The summed E-state index contributed by atoms with van der Waals surface area (Å²) >= 11 is 1.47. The number of thiazole rings is 1. The van der Waals surface area contributed by atoms with Gasteiger partial charge in [-0.3, -0.25) is 9.69 Å². The first-order valence-corrected chi connectivity index (χ1v) is 13.9. The second kappa shape index (κ2) is 10.6. The van der Waals surface area contributed by atoms with Crippen molar-refractivity contribution in [3.8, 4) is 0 Å². The summed E-state index contributed by atoms with van der Waals surface area (Å²) < 4.78 is 0.912. The molecule has 2 aromatic heterocycles. The van der Waals surface area contributed by atoms with Gasteiger partial charge in [0, 0.05) is 37.1 Å². The van der Waals surface area contributed by atoms with E-state index in [0.717, 1.165) is 47.2 Å². The van der Waals surface area contributed by atoms with Crippen LogP contribution in [0.2, 0.25) is 0 Å². The highest BCUT2D eigenvalue weighted by Gasteiger charge is 2.30. The summed E-state index contributed by atoms with van der Waals surface area (Å²) in [7, 11) is 0. The number of rotatable bonds is 7. The molecule has 4 N–H and O–H groups in total. The van der Waals surface area contributed by atoms with Gasteiger partial charge in [0.15, 0.2) is 5.13 Å². The van der Waals surface area contributed by atoms with Crippen LogP contribution in [0.4, 0.5) is 22.6 Å². The molecule has 1 aliphatic carbocycles. The molecule has 9 nitrogen and oxygen atoms in total. The number of nitrogens with one attached hydrogen (secondary N) is 2. The standard InChI is InChI=1S/C28H30N6O3S/c35-21-9-6-18(7-10-21)29-27-30-19(14-17-4-2-1-3-5-17)15-24(32-27)33-28-31-22-11-8-20(16-23(22)38-28)34-25(36)12-13-26(34)37/h1-5,8,11,15-16,18,21,25,35-36H,6-7,9-10,12-14H2,(H2,29,30,31,32,33). The van der Waals surface area contributed by atoms with Crippen LogP contribution in [0.15, 0.2) is 54.6 Å². The second-order valence-electron chi connectivity index (χ2n) is 9.96. The largest absolute Gasteiger partial charge is 0.393 e. The Morgan fingerprint density at radius 2 is 1.76 bits per heavy atom. The summed E-state index contributed by atoms with van der Waals surface area (Å²) in [4.78, 5) is 27.9. The Labute approximate surface area is 224 Å². The minimum atomic E-state index is -0.784. The maximum Gasteiger partial charge on any atom is 0.229 e. The monoisotopic (exact) mass is 530 g/mol. The normalized spacial score (nSPS) is 21.7. The van der Waals surface area contributed by atoms with Crippen molar-refractivity contribution in [1.29, 1.82) is 0 Å². The molecule has 38 heavy (non-hydrogen) atoms. The predicted octanol–water partition coefficient (Wildman–Crippen LogP) is 4.58. The number of aliphatic hydroxyl groups is 2. The Morgan fingerprint density at radius 3 is 2.53 bits per heavy atom. The molecule has 196 valence electrons. The van der Waals surface area contributed by atoms with E-state index in [1.807, 2.05) is 42.5 Å². The van der Waals surface area contributed by atoms with Gasteiger partial charge < -0.3 is 20.8 Å². The topological polar surface area (TPSA) is 124 Å². The number of amides is 1. The van der Waals surface area contributed by atoms with Crippen molar-refractivity contribution in [1.82, 2.24) is 15.0 Å². The van der Waals surface area contributed by atoms with E-state index in [2.05, 4.69) is 22.8 Å². The van der Waals surface area contributed by atoms with Crippen molar-refractivity contribution in [2.45, 2.75) is 63.3 Å². The number of aliphatic hydroxyl groups excluding tert-OH is 2. The smallest absolute Gasteiger partial charge is 0.229 e. The van der Waals surface area contributed by atoms with E-state index >= 15 is 0 Å². The number of nitrogens with zero attached hydrogens (tertiary/aromatic N) is 4. The van der Waals surface area contributed by atoms with Gasteiger partial charge in [-0.05, 0) is 49.4 Å². The Bertz CT molecular complexity index is 1440. The summed E-state index contributed by atoms with van der Waals surface area (Å²) in [5, 5.41) is 27.6. The predicted molar refractivity (Wildman–Crippen MR) is 149 cm³/mol. The minimum Gasteiger partial charge on any atom is -0.393 e. The fourth-order valence-electron chi connectivity index (χ4n) is 5.13. The van der Waals surface area contributed by atoms with Gasteiger partial charge in [-0.15, -0.1) is 0 Å². The lowest BCUT2D eigenvalue weighted by Gasteiger charge is -2.26. The van der Waals surface area contributed by atoms with Gasteiger partial charge in [-0.1, -0.05) is 41.7 Å². The van der Waals surface area contributed by atoms with Crippen LogP contribution >= 0.6 is 11.3 Å². The molecule has 0 spiro atoms. The molecule has 2 aromatic carbocycles. The van der Waals surface area contributed by atoms with Gasteiger partial charge >= 0.3 is 0 Å². The number of fused-ring (bicyclic) bond motifs is 1. The molecule has 1 atom stereocenters. The SMILES string of the molecule is O=C1CCC(O)N1c1ccc2nc(Nc3cc(Cc4ccccc4)nc(NC4CCC(O)CC4)n3)sc2c1. The molecule has 4 aromatic rings. The summed E-state index contributed by atoms with van der Waals surface area (Å²) in [6.07, 6.45) is 3.78. The minimum absolute atomic E-state index is 0.0702. The van der Waals surface area contributed by atoms with Gasteiger partial charge in [0.25, 0.3) is 0 Å². The Balaban J connectivity index is 1.26. The van der Waals surface area contributed by atoms with Crippen LogP contribution in [-0.2, 0) is 11.2 Å². The van der Waals surface area contributed by atoms with E-state index in [0.29, 0.717) is 41.8 Å². The van der Waals surface area contributed by atoms with Crippen LogP contribution in [-0.4, -0.2) is 49.4 Å². The Kier molecular flexibility index (Phi) is 6.92. The Hall–Kier alpha value is -3.60. The third-order valence-corrected chi connectivity index (χ3v) is 8.04. The van der Waals surface area contributed by atoms with E-state index < -0.39 is 6.23 Å². The molecule has 2 aliphatic rings. The second-order valence-corrected chi connectivity index (χ2v) is 11.0. The van der Waals surface area contributed by atoms with E-state index in [-0.39, 0.29) is 18.1 Å². The van der Waals surface area contributed by atoms with Crippen LogP contribution in [0.3, 0.4) is 0 Å². The molecule has 10 heteroatoms. The molecule has 0 bridgehead atoms.